The van der Waals surface area contributed by atoms with Crippen molar-refractivity contribution in [2.45, 2.75) is 30.3 Å². The number of ether oxygens (including phenoxy) is 1. The van der Waals surface area contributed by atoms with Gasteiger partial charge in [0.25, 0.3) is 15.9 Å². The molecule has 9 heteroatoms. The minimum Gasteiger partial charge on any atom is -0.368 e. The van der Waals surface area contributed by atoms with E-state index in [9.17, 15) is 17.6 Å². The topological polar surface area (TPSA) is 75.7 Å². The molecular weight excluding hydrogens is 407 g/mol. The summed E-state index contributed by atoms with van der Waals surface area (Å²) in [5, 5.41) is -0.273. The van der Waals surface area contributed by atoms with Crippen LogP contribution in [0.3, 0.4) is 0 Å². The van der Waals surface area contributed by atoms with Gasteiger partial charge in [-0.1, -0.05) is 17.7 Å². The third-order valence-corrected chi connectivity index (χ3v) is 6.57. The Hall–Kier alpha value is -2.16. The van der Waals surface area contributed by atoms with Crippen LogP contribution in [-0.4, -0.2) is 33.6 Å². The third-order valence-electron chi connectivity index (χ3n) is 4.91. The van der Waals surface area contributed by atoms with Gasteiger partial charge in [-0.3, -0.25) is 9.52 Å². The number of nitrogens with zero attached hydrogens (tertiary/aromatic N) is 1. The van der Waals surface area contributed by atoms with E-state index in [1.165, 1.54) is 0 Å². The predicted octanol–water partition coefficient (Wildman–Crippen LogP) is 3.35. The van der Waals surface area contributed by atoms with Crippen molar-refractivity contribution in [3.8, 4) is 0 Å². The van der Waals surface area contributed by atoms with Crippen molar-refractivity contribution in [1.29, 1.82) is 0 Å². The highest BCUT2D eigenvalue weighted by Crippen LogP contribution is 2.33. The lowest BCUT2D eigenvalue weighted by atomic mass is 10.1. The maximum atomic E-state index is 13.3. The molecule has 0 aliphatic carbocycles. The van der Waals surface area contributed by atoms with E-state index in [4.69, 9.17) is 16.3 Å². The lowest BCUT2D eigenvalue weighted by Gasteiger charge is -2.21. The van der Waals surface area contributed by atoms with Crippen LogP contribution in [0.4, 0.5) is 15.8 Å². The molecule has 0 aromatic heterocycles. The number of nitrogens with one attached hydrogen (secondary N) is 1. The van der Waals surface area contributed by atoms with Gasteiger partial charge in [0, 0.05) is 18.8 Å². The van der Waals surface area contributed by atoms with E-state index in [2.05, 4.69) is 4.72 Å². The normalized spacial score (nSPS) is 18.9. The molecule has 0 unspecified atom stereocenters. The van der Waals surface area contributed by atoms with Gasteiger partial charge in [0.15, 0.2) is 0 Å². The number of hydrogen-bond donors (Lipinski definition) is 1. The van der Waals surface area contributed by atoms with E-state index < -0.39 is 21.9 Å². The Morgan fingerprint density at radius 3 is 2.79 bits per heavy atom. The Morgan fingerprint density at radius 2 is 2.07 bits per heavy atom. The van der Waals surface area contributed by atoms with Crippen molar-refractivity contribution in [3.05, 3.63) is 52.8 Å². The molecule has 1 amide bonds. The molecule has 2 heterocycles. The van der Waals surface area contributed by atoms with Crippen LogP contribution in [0.25, 0.3) is 0 Å². The van der Waals surface area contributed by atoms with Gasteiger partial charge in [0.1, 0.15) is 11.9 Å². The summed E-state index contributed by atoms with van der Waals surface area (Å²) in [5.74, 6) is -0.789. The first-order valence-electron chi connectivity index (χ1n) is 8.89. The SMILES string of the molecule is O=C([C@@H]1CCCO1)N1CCc2ccc(NS(=O)(=O)c3ccc(F)c(Cl)c3)cc21. The molecular formula is C19H18ClFN2O4S. The predicted molar refractivity (Wildman–Crippen MR) is 104 cm³/mol. The highest BCUT2D eigenvalue weighted by molar-refractivity contribution is 7.92. The monoisotopic (exact) mass is 424 g/mol. The number of fused-ring (bicyclic) bond motifs is 1. The first-order valence-corrected chi connectivity index (χ1v) is 10.7. The van der Waals surface area contributed by atoms with Crippen molar-refractivity contribution in [3.63, 3.8) is 0 Å². The van der Waals surface area contributed by atoms with E-state index in [0.717, 1.165) is 30.2 Å². The maximum absolute atomic E-state index is 13.3. The molecule has 0 bridgehead atoms. The standard InChI is InChI=1S/C19H18ClFN2O4S/c20-15-11-14(5-6-16(15)21)28(25,26)22-13-4-3-12-7-8-23(17(12)10-13)19(24)18-2-1-9-27-18/h3-6,10-11,18,22H,1-2,7-9H2/t18-/m0/s1. The minimum absolute atomic E-state index is 0.0958. The van der Waals surface area contributed by atoms with Crippen LogP contribution in [0.2, 0.25) is 5.02 Å². The molecule has 1 fully saturated rings. The summed E-state index contributed by atoms with van der Waals surface area (Å²) in [6.45, 7) is 1.12. The van der Waals surface area contributed by atoms with E-state index in [-0.39, 0.29) is 15.8 Å². The Balaban J connectivity index is 1.59. The molecule has 6 nitrogen and oxygen atoms in total. The molecule has 2 aromatic rings. The van der Waals surface area contributed by atoms with Crippen LogP contribution in [0.1, 0.15) is 18.4 Å². The summed E-state index contributed by atoms with van der Waals surface area (Å²) < 4.78 is 46.5. The molecule has 28 heavy (non-hydrogen) atoms. The van der Waals surface area contributed by atoms with Gasteiger partial charge in [-0.15, -0.1) is 0 Å². The first-order chi connectivity index (χ1) is 13.3. The number of hydrogen-bond acceptors (Lipinski definition) is 4. The average molecular weight is 425 g/mol. The smallest absolute Gasteiger partial charge is 0.261 e. The lowest BCUT2D eigenvalue weighted by Crippen LogP contribution is -2.37. The number of carbonyl (C=O) groups is 1. The number of sulfonamides is 1. The molecule has 1 N–H and O–H groups in total. The molecule has 148 valence electrons. The van der Waals surface area contributed by atoms with Crippen molar-refractivity contribution in [1.82, 2.24) is 0 Å². The molecule has 1 atom stereocenters. The molecule has 2 aliphatic rings. The van der Waals surface area contributed by atoms with Gasteiger partial charge >= 0.3 is 0 Å². The summed E-state index contributed by atoms with van der Waals surface area (Å²) in [6.07, 6.45) is 1.82. The summed E-state index contributed by atoms with van der Waals surface area (Å²) in [5.41, 5.74) is 1.96. The van der Waals surface area contributed by atoms with Crippen LogP contribution in [0, 0.1) is 5.82 Å². The Morgan fingerprint density at radius 1 is 1.25 bits per heavy atom. The number of carbonyl (C=O) groups excluding carboxylic acids is 1. The zero-order valence-electron chi connectivity index (χ0n) is 14.8. The zero-order valence-corrected chi connectivity index (χ0v) is 16.4. The quantitative estimate of drug-likeness (QED) is 0.816. The fourth-order valence-electron chi connectivity index (χ4n) is 3.48. The number of rotatable bonds is 4. The highest BCUT2D eigenvalue weighted by Gasteiger charge is 2.33. The summed E-state index contributed by atoms with van der Waals surface area (Å²) in [6, 6.07) is 8.28. The fourth-order valence-corrected chi connectivity index (χ4v) is 4.80. The van der Waals surface area contributed by atoms with E-state index in [1.54, 1.807) is 23.1 Å². The van der Waals surface area contributed by atoms with Crippen LogP contribution in [-0.2, 0) is 26.0 Å². The van der Waals surface area contributed by atoms with Crippen LogP contribution >= 0.6 is 11.6 Å². The zero-order chi connectivity index (χ0) is 19.9. The van der Waals surface area contributed by atoms with E-state index in [1.807, 2.05) is 0 Å². The molecule has 0 saturated carbocycles. The second kappa shape index (κ2) is 7.35. The molecule has 0 spiro atoms. The van der Waals surface area contributed by atoms with Gasteiger partial charge in [-0.05, 0) is 55.2 Å². The van der Waals surface area contributed by atoms with E-state index in [0.29, 0.717) is 37.4 Å². The first kappa shape index (κ1) is 19.2. The number of anilines is 2. The number of amides is 1. The largest absolute Gasteiger partial charge is 0.368 e. The number of halogens is 2. The lowest BCUT2D eigenvalue weighted by molar-refractivity contribution is -0.127. The minimum atomic E-state index is -3.95. The summed E-state index contributed by atoms with van der Waals surface area (Å²) >= 11 is 5.69. The molecule has 2 aliphatic heterocycles. The molecule has 1 saturated heterocycles. The molecule has 2 aromatic carbocycles. The second-order valence-corrected chi connectivity index (χ2v) is 8.86. The van der Waals surface area contributed by atoms with Crippen molar-refractivity contribution in [2.24, 2.45) is 0 Å². The fraction of sp³-hybridized carbons (Fsp3) is 0.316. The van der Waals surface area contributed by atoms with Crippen LogP contribution in [0.15, 0.2) is 41.3 Å². The Kier molecular flexibility index (Phi) is 5.03. The molecule has 4 rings (SSSR count). The van der Waals surface area contributed by atoms with Crippen LogP contribution in [0.5, 0.6) is 0 Å². The summed E-state index contributed by atoms with van der Waals surface area (Å²) in [4.78, 5) is 14.2. The maximum Gasteiger partial charge on any atom is 0.261 e. The van der Waals surface area contributed by atoms with Gasteiger partial charge in [0.05, 0.1) is 15.6 Å². The number of benzene rings is 2. The van der Waals surface area contributed by atoms with Gasteiger partial charge in [-0.2, -0.15) is 0 Å². The Bertz CT molecular complexity index is 1040. The third kappa shape index (κ3) is 3.59. The van der Waals surface area contributed by atoms with Crippen LogP contribution < -0.4 is 9.62 Å². The van der Waals surface area contributed by atoms with Crippen molar-refractivity contribution < 1.29 is 22.3 Å². The van der Waals surface area contributed by atoms with E-state index >= 15 is 0 Å². The molecule has 0 radical (unpaired) electrons. The van der Waals surface area contributed by atoms with Gasteiger partial charge in [0.2, 0.25) is 0 Å². The summed E-state index contributed by atoms with van der Waals surface area (Å²) in [7, 11) is -3.95. The van der Waals surface area contributed by atoms with Crippen molar-refractivity contribution in [2.75, 3.05) is 22.8 Å². The van der Waals surface area contributed by atoms with Gasteiger partial charge in [-0.25, -0.2) is 12.8 Å². The highest BCUT2D eigenvalue weighted by atomic mass is 35.5. The Labute approximate surface area is 167 Å². The second-order valence-electron chi connectivity index (χ2n) is 6.77. The van der Waals surface area contributed by atoms with Gasteiger partial charge < -0.3 is 9.64 Å². The van der Waals surface area contributed by atoms with Crippen molar-refractivity contribution >= 4 is 38.9 Å². The average Bonchev–Trinajstić information content (AvgIpc) is 3.32.